The normalized spacial score (nSPS) is 10.5. The Hall–Kier alpha value is -0.970. The van der Waals surface area contributed by atoms with Crippen LogP contribution >= 0.6 is 22.9 Å². The fourth-order valence-electron chi connectivity index (χ4n) is 1.22. The first kappa shape index (κ1) is 10.5. The van der Waals surface area contributed by atoms with Crippen molar-refractivity contribution in [3.8, 4) is 10.6 Å². The topological polar surface area (TPSA) is 51.8 Å². The van der Waals surface area contributed by atoms with Gasteiger partial charge in [-0.15, -0.1) is 10.2 Å². The number of hydrogen-bond donors (Lipinski definition) is 1. The molecule has 2 rings (SSSR count). The van der Waals surface area contributed by atoms with Crippen LogP contribution in [0.3, 0.4) is 0 Å². The number of benzene rings is 1. The van der Waals surface area contributed by atoms with Gasteiger partial charge < -0.3 is 5.73 Å². The van der Waals surface area contributed by atoms with Crippen molar-refractivity contribution in [3.63, 3.8) is 0 Å². The van der Waals surface area contributed by atoms with Crippen molar-refractivity contribution >= 4 is 22.9 Å². The largest absolute Gasteiger partial charge is 0.330 e. The Kier molecular flexibility index (Phi) is 3.30. The average molecular weight is 240 g/mol. The van der Waals surface area contributed by atoms with E-state index in [4.69, 9.17) is 17.3 Å². The second-order valence-electron chi connectivity index (χ2n) is 3.02. The summed E-state index contributed by atoms with van der Waals surface area (Å²) in [5, 5.41) is 10.7. The number of rotatable bonds is 3. The van der Waals surface area contributed by atoms with Crippen molar-refractivity contribution in [2.45, 2.75) is 6.42 Å². The van der Waals surface area contributed by atoms with Gasteiger partial charge in [-0.05, 0) is 12.6 Å². The summed E-state index contributed by atoms with van der Waals surface area (Å²) in [5.41, 5.74) is 6.38. The lowest BCUT2D eigenvalue weighted by Crippen LogP contribution is -2.01. The maximum Gasteiger partial charge on any atom is 0.149 e. The van der Waals surface area contributed by atoms with Crippen LogP contribution in [0.25, 0.3) is 10.6 Å². The van der Waals surface area contributed by atoms with Crippen LogP contribution in [0.15, 0.2) is 24.3 Å². The Morgan fingerprint density at radius 2 is 2.07 bits per heavy atom. The molecular formula is C10H10ClN3S. The highest BCUT2D eigenvalue weighted by molar-refractivity contribution is 7.14. The van der Waals surface area contributed by atoms with Gasteiger partial charge in [0.2, 0.25) is 0 Å². The second kappa shape index (κ2) is 4.70. The van der Waals surface area contributed by atoms with Gasteiger partial charge in [0.15, 0.2) is 0 Å². The Balaban J connectivity index is 2.33. The minimum absolute atomic E-state index is 0.594. The van der Waals surface area contributed by atoms with Crippen LogP contribution in [0, 0.1) is 0 Å². The molecule has 0 aliphatic heterocycles. The molecule has 1 heterocycles. The number of aromatic nitrogens is 2. The molecule has 5 heteroatoms. The zero-order valence-electron chi connectivity index (χ0n) is 7.98. The van der Waals surface area contributed by atoms with Crippen LogP contribution in [-0.2, 0) is 6.42 Å². The van der Waals surface area contributed by atoms with Crippen LogP contribution in [0.5, 0.6) is 0 Å². The zero-order chi connectivity index (χ0) is 10.7. The van der Waals surface area contributed by atoms with E-state index in [1.165, 1.54) is 11.3 Å². The number of hydrogen-bond acceptors (Lipinski definition) is 4. The van der Waals surface area contributed by atoms with Crippen molar-refractivity contribution in [1.82, 2.24) is 10.2 Å². The van der Waals surface area contributed by atoms with E-state index in [2.05, 4.69) is 10.2 Å². The monoisotopic (exact) mass is 239 g/mol. The Bertz CT molecular complexity index is 455. The van der Waals surface area contributed by atoms with Gasteiger partial charge in [0, 0.05) is 12.0 Å². The van der Waals surface area contributed by atoms with E-state index in [9.17, 15) is 0 Å². The third-order valence-electron chi connectivity index (χ3n) is 1.93. The van der Waals surface area contributed by atoms with E-state index in [0.717, 1.165) is 22.0 Å². The van der Waals surface area contributed by atoms with E-state index in [1.807, 2.05) is 24.3 Å². The van der Waals surface area contributed by atoms with Crippen molar-refractivity contribution in [1.29, 1.82) is 0 Å². The molecule has 0 aliphatic rings. The van der Waals surface area contributed by atoms with Gasteiger partial charge in [0.05, 0.1) is 5.02 Å². The van der Waals surface area contributed by atoms with Crippen LogP contribution in [-0.4, -0.2) is 16.7 Å². The third-order valence-corrected chi connectivity index (χ3v) is 3.28. The molecule has 0 saturated heterocycles. The summed E-state index contributed by atoms with van der Waals surface area (Å²) in [4.78, 5) is 0. The third kappa shape index (κ3) is 2.34. The molecule has 15 heavy (non-hydrogen) atoms. The molecule has 2 aromatic rings. The molecule has 0 radical (unpaired) electrons. The molecule has 1 aromatic heterocycles. The highest BCUT2D eigenvalue weighted by Crippen LogP contribution is 2.29. The van der Waals surface area contributed by atoms with E-state index >= 15 is 0 Å². The van der Waals surface area contributed by atoms with E-state index in [-0.39, 0.29) is 0 Å². The number of nitrogens with zero attached hydrogens (tertiary/aromatic N) is 2. The molecule has 0 atom stereocenters. The Morgan fingerprint density at radius 3 is 2.80 bits per heavy atom. The lowest BCUT2D eigenvalue weighted by atomic mass is 10.2. The second-order valence-corrected chi connectivity index (χ2v) is 4.49. The van der Waals surface area contributed by atoms with Crippen molar-refractivity contribution < 1.29 is 0 Å². The van der Waals surface area contributed by atoms with Gasteiger partial charge in [0.25, 0.3) is 0 Å². The molecule has 1 aromatic carbocycles. The summed E-state index contributed by atoms with van der Waals surface area (Å²) in [7, 11) is 0. The van der Waals surface area contributed by atoms with Crippen LogP contribution in [0.1, 0.15) is 5.01 Å². The molecule has 0 unspecified atom stereocenters. The summed E-state index contributed by atoms with van der Waals surface area (Å²) in [6.07, 6.45) is 0.766. The SMILES string of the molecule is NCCc1nnc(-c2ccccc2Cl)s1. The minimum atomic E-state index is 0.594. The van der Waals surface area contributed by atoms with Gasteiger partial charge in [-0.1, -0.05) is 41.1 Å². The predicted octanol–water partition coefficient (Wildman–Crippen LogP) is 2.36. The molecule has 0 saturated carbocycles. The summed E-state index contributed by atoms with van der Waals surface area (Å²) in [6, 6.07) is 7.62. The minimum Gasteiger partial charge on any atom is -0.330 e. The zero-order valence-corrected chi connectivity index (χ0v) is 9.55. The van der Waals surface area contributed by atoms with Gasteiger partial charge in [-0.3, -0.25) is 0 Å². The van der Waals surface area contributed by atoms with E-state index < -0.39 is 0 Å². The van der Waals surface area contributed by atoms with Crippen LogP contribution < -0.4 is 5.73 Å². The lowest BCUT2D eigenvalue weighted by Gasteiger charge is -1.96. The Morgan fingerprint density at radius 1 is 1.27 bits per heavy atom. The van der Waals surface area contributed by atoms with Crippen molar-refractivity contribution in [2.24, 2.45) is 5.73 Å². The highest BCUT2D eigenvalue weighted by Gasteiger charge is 2.08. The number of nitrogens with two attached hydrogens (primary N) is 1. The quantitative estimate of drug-likeness (QED) is 0.895. The molecule has 3 nitrogen and oxygen atoms in total. The van der Waals surface area contributed by atoms with Gasteiger partial charge in [-0.2, -0.15) is 0 Å². The molecule has 0 bridgehead atoms. The molecule has 0 aliphatic carbocycles. The standard InChI is InChI=1S/C10H10ClN3S/c11-8-4-2-1-3-7(8)10-14-13-9(15-10)5-6-12/h1-4H,5-6,12H2. The van der Waals surface area contributed by atoms with Crippen molar-refractivity contribution in [3.05, 3.63) is 34.3 Å². The fourth-order valence-corrected chi connectivity index (χ4v) is 2.40. The summed E-state index contributed by atoms with van der Waals surface area (Å²) in [5.74, 6) is 0. The summed E-state index contributed by atoms with van der Waals surface area (Å²) < 4.78 is 0. The molecule has 78 valence electrons. The van der Waals surface area contributed by atoms with E-state index in [1.54, 1.807) is 0 Å². The van der Waals surface area contributed by atoms with Crippen LogP contribution in [0.2, 0.25) is 5.02 Å². The van der Waals surface area contributed by atoms with Gasteiger partial charge >= 0.3 is 0 Å². The maximum atomic E-state index is 6.06. The first-order chi connectivity index (χ1) is 7.31. The first-order valence-electron chi connectivity index (χ1n) is 4.58. The molecule has 0 spiro atoms. The molecule has 2 N–H and O–H groups in total. The predicted molar refractivity (Wildman–Crippen MR) is 63.1 cm³/mol. The Labute approximate surface area is 96.9 Å². The average Bonchev–Trinajstić information content (AvgIpc) is 2.68. The number of halogens is 1. The van der Waals surface area contributed by atoms with Gasteiger partial charge in [-0.25, -0.2) is 0 Å². The van der Waals surface area contributed by atoms with Crippen molar-refractivity contribution in [2.75, 3.05) is 6.54 Å². The van der Waals surface area contributed by atoms with E-state index in [0.29, 0.717) is 11.6 Å². The maximum absolute atomic E-state index is 6.06. The highest BCUT2D eigenvalue weighted by atomic mass is 35.5. The smallest absolute Gasteiger partial charge is 0.149 e. The van der Waals surface area contributed by atoms with Crippen LogP contribution in [0.4, 0.5) is 0 Å². The lowest BCUT2D eigenvalue weighted by molar-refractivity contribution is 0.913. The fraction of sp³-hybridized carbons (Fsp3) is 0.200. The molecule has 0 amide bonds. The molecule has 0 fully saturated rings. The molecular weight excluding hydrogens is 230 g/mol. The summed E-state index contributed by atoms with van der Waals surface area (Å²) >= 11 is 7.60. The summed E-state index contributed by atoms with van der Waals surface area (Å²) in [6.45, 7) is 0.594. The first-order valence-corrected chi connectivity index (χ1v) is 5.78. The van der Waals surface area contributed by atoms with Gasteiger partial charge in [0.1, 0.15) is 10.0 Å².